The Morgan fingerprint density at radius 1 is 0.778 bits per heavy atom. The third-order valence-electron chi connectivity index (χ3n) is 4.33. The van der Waals surface area contributed by atoms with Crippen molar-refractivity contribution in [2.45, 2.75) is 4.90 Å². The molecule has 0 atom stereocenters. The zero-order valence-corrected chi connectivity index (χ0v) is 15.4. The Labute approximate surface area is 159 Å². The van der Waals surface area contributed by atoms with E-state index in [2.05, 4.69) is 5.10 Å². The van der Waals surface area contributed by atoms with Crippen molar-refractivity contribution < 1.29 is 8.42 Å². The van der Waals surface area contributed by atoms with Crippen molar-refractivity contribution in [1.82, 2.24) is 4.41 Å². The normalized spacial score (nSPS) is 15.8. The van der Waals surface area contributed by atoms with Crippen molar-refractivity contribution in [2.75, 3.05) is 6.54 Å². The first kappa shape index (κ1) is 17.2. The second kappa shape index (κ2) is 7.21. The van der Waals surface area contributed by atoms with Crippen LogP contribution in [0.4, 0.5) is 0 Å². The summed E-state index contributed by atoms with van der Waals surface area (Å²) < 4.78 is 27.2. The fraction of sp³-hybridized carbons (Fsp3) is 0.0455. The average Bonchev–Trinajstić information content (AvgIpc) is 3.15. The van der Waals surface area contributed by atoms with Gasteiger partial charge >= 0.3 is 0 Å². The van der Waals surface area contributed by atoms with Crippen LogP contribution in [0.1, 0.15) is 11.1 Å². The molecule has 0 aromatic heterocycles. The molecule has 4 nitrogen and oxygen atoms in total. The molecule has 3 aromatic rings. The van der Waals surface area contributed by atoms with Crippen LogP contribution in [0.5, 0.6) is 0 Å². The minimum Gasteiger partial charge on any atom is -0.200 e. The van der Waals surface area contributed by atoms with Gasteiger partial charge in [0.2, 0.25) is 0 Å². The van der Waals surface area contributed by atoms with Crippen LogP contribution in [0.2, 0.25) is 0 Å². The third kappa shape index (κ3) is 3.55. The zero-order chi connectivity index (χ0) is 18.7. The maximum absolute atomic E-state index is 13.0. The first-order valence-corrected chi connectivity index (χ1v) is 10.1. The summed E-state index contributed by atoms with van der Waals surface area (Å²) in [6.45, 7) is 0.205. The highest BCUT2D eigenvalue weighted by molar-refractivity contribution is 7.89. The Morgan fingerprint density at radius 3 is 1.96 bits per heavy atom. The topological polar surface area (TPSA) is 49.7 Å². The standard InChI is InChI=1S/C22H18N2O2S/c25-27(26,21-14-8-3-9-15-21)24-17-20(16-18-10-4-1-5-11-18)22(23-24)19-12-6-2-7-13-19/h1-16H,17H2/b20-16+. The molecule has 3 aromatic carbocycles. The second-order valence-corrected chi connectivity index (χ2v) is 8.04. The van der Waals surface area contributed by atoms with E-state index in [1.165, 1.54) is 4.41 Å². The Hall–Kier alpha value is -3.18. The Kier molecular flexibility index (Phi) is 4.60. The fourth-order valence-corrected chi connectivity index (χ4v) is 4.23. The molecule has 5 heteroatoms. The van der Waals surface area contributed by atoms with Gasteiger partial charge < -0.3 is 0 Å². The van der Waals surface area contributed by atoms with Gasteiger partial charge in [0, 0.05) is 11.1 Å². The molecule has 0 fully saturated rings. The summed E-state index contributed by atoms with van der Waals surface area (Å²) in [5.41, 5.74) is 3.45. The number of hydrogen-bond donors (Lipinski definition) is 0. The highest BCUT2D eigenvalue weighted by Crippen LogP contribution is 2.26. The number of benzene rings is 3. The summed E-state index contributed by atoms with van der Waals surface area (Å²) in [4.78, 5) is 0.238. The zero-order valence-electron chi connectivity index (χ0n) is 14.6. The quantitative estimate of drug-likeness (QED) is 0.688. The van der Waals surface area contributed by atoms with Crippen LogP contribution in [0.15, 0.2) is 107 Å². The molecule has 0 amide bonds. The molecule has 0 saturated carbocycles. The summed E-state index contributed by atoms with van der Waals surface area (Å²) in [6, 6.07) is 27.9. The van der Waals surface area contributed by atoms with Gasteiger partial charge in [0.15, 0.2) is 0 Å². The molecular formula is C22H18N2O2S. The van der Waals surface area contributed by atoms with Crippen LogP contribution in [-0.2, 0) is 10.0 Å². The lowest BCUT2D eigenvalue weighted by Crippen LogP contribution is -2.24. The lowest BCUT2D eigenvalue weighted by Gasteiger charge is -2.14. The summed E-state index contributed by atoms with van der Waals surface area (Å²) >= 11 is 0. The molecule has 0 bridgehead atoms. The van der Waals surface area contributed by atoms with Crippen LogP contribution >= 0.6 is 0 Å². The van der Waals surface area contributed by atoms with Crippen LogP contribution in [0.3, 0.4) is 0 Å². The summed E-state index contributed by atoms with van der Waals surface area (Å²) in [5, 5.41) is 4.48. The van der Waals surface area contributed by atoms with Crippen molar-refractivity contribution in [3.63, 3.8) is 0 Å². The van der Waals surface area contributed by atoms with Crippen molar-refractivity contribution in [3.05, 3.63) is 108 Å². The fourth-order valence-electron chi connectivity index (χ4n) is 2.99. The highest BCUT2D eigenvalue weighted by atomic mass is 32.2. The number of nitrogens with zero attached hydrogens (tertiary/aromatic N) is 2. The van der Waals surface area contributed by atoms with Gasteiger partial charge in [-0.15, -0.1) is 0 Å². The SMILES string of the molecule is O=S(=O)(c1ccccc1)N1C/C(=C\c2ccccc2)C(c2ccccc2)=N1. The van der Waals surface area contributed by atoms with Gasteiger partial charge in [-0.05, 0) is 23.8 Å². The number of sulfonamides is 1. The number of rotatable bonds is 4. The molecule has 0 N–H and O–H groups in total. The molecule has 27 heavy (non-hydrogen) atoms. The van der Waals surface area contributed by atoms with Crippen molar-refractivity contribution in [3.8, 4) is 0 Å². The summed E-state index contributed by atoms with van der Waals surface area (Å²) in [5.74, 6) is 0. The molecule has 1 heterocycles. The van der Waals surface area contributed by atoms with Gasteiger partial charge in [0.1, 0.15) is 0 Å². The predicted octanol–water partition coefficient (Wildman–Crippen LogP) is 4.18. The minimum atomic E-state index is -3.70. The van der Waals surface area contributed by atoms with E-state index in [4.69, 9.17) is 0 Å². The molecule has 0 radical (unpaired) electrons. The van der Waals surface area contributed by atoms with Crippen LogP contribution < -0.4 is 0 Å². The van der Waals surface area contributed by atoms with E-state index in [0.717, 1.165) is 16.7 Å². The van der Waals surface area contributed by atoms with Crippen molar-refractivity contribution >= 4 is 21.8 Å². The molecule has 4 rings (SSSR count). The number of hydrogen-bond acceptors (Lipinski definition) is 3. The Bertz CT molecular complexity index is 1090. The molecule has 134 valence electrons. The molecule has 0 saturated heterocycles. The average molecular weight is 374 g/mol. The van der Waals surface area contributed by atoms with Gasteiger partial charge in [0.25, 0.3) is 10.0 Å². The summed E-state index contributed by atoms with van der Waals surface area (Å²) in [6.07, 6.45) is 1.99. The highest BCUT2D eigenvalue weighted by Gasteiger charge is 2.31. The molecular weight excluding hydrogens is 356 g/mol. The monoisotopic (exact) mass is 374 g/mol. The van der Waals surface area contributed by atoms with E-state index in [1.807, 2.05) is 66.7 Å². The van der Waals surface area contributed by atoms with E-state index in [-0.39, 0.29) is 11.4 Å². The number of hydrazone groups is 1. The predicted molar refractivity (Wildman–Crippen MR) is 108 cm³/mol. The molecule has 0 aliphatic carbocycles. The van der Waals surface area contributed by atoms with Crippen LogP contribution in [0, 0.1) is 0 Å². The Balaban J connectivity index is 1.78. The largest absolute Gasteiger partial charge is 0.279 e. The first-order valence-electron chi connectivity index (χ1n) is 8.62. The van der Waals surface area contributed by atoms with E-state index < -0.39 is 10.0 Å². The van der Waals surface area contributed by atoms with Gasteiger partial charge in [-0.3, -0.25) is 0 Å². The van der Waals surface area contributed by atoms with E-state index >= 15 is 0 Å². The lowest BCUT2D eigenvalue weighted by atomic mass is 10.0. The van der Waals surface area contributed by atoms with E-state index in [0.29, 0.717) is 5.71 Å². The minimum absolute atomic E-state index is 0.205. The molecule has 0 spiro atoms. The maximum Gasteiger partial charge on any atom is 0.279 e. The maximum atomic E-state index is 13.0. The van der Waals surface area contributed by atoms with Crippen molar-refractivity contribution in [2.24, 2.45) is 5.10 Å². The third-order valence-corrected chi connectivity index (χ3v) is 5.96. The summed E-state index contributed by atoms with van der Waals surface area (Å²) in [7, 11) is -3.70. The Morgan fingerprint density at radius 2 is 1.33 bits per heavy atom. The van der Waals surface area contributed by atoms with Crippen molar-refractivity contribution in [1.29, 1.82) is 0 Å². The van der Waals surface area contributed by atoms with Gasteiger partial charge in [-0.25, -0.2) is 0 Å². The molecule has 1 aliphatic rings. The smallest absolute Gasteiger partial charge is 0.200 e. The van der Waals surface area contributed by atoms with Crippen LogP contribution in [0.25, 0.3) is 6.08 Å². The van der Waals surface area contributed by atoms with Gasteiger partial charge in [-0.2, -0.15) is 17.9 Å². The van der Waals surface area contributed by atoms with E-state index in [1.54, 1.807) is 30.3 Å². The molecule has 1 aliphatic heterocycles. The van der Waals surface area contributed by atoms with Gasteiger partial charge in [-0.1, -0.05) is 78.9 Å². The first-order chi connectivity index (χ1) is 13.1. The molecule has 0 unspecified atom stereocenters. The second-order valence-electron chi connectivity index (χ2n) is 6.19. The lowest BCUT2D eigenvalue weighted by molar-refractivity contribution is 0.473. The van der Waals surface area contributed by atoms with Crippen LogP contribution in [-0.4, -0.2) is 25.1 Å². The van der Waals surface area contributed by atoms with Gasteiger partial charge in [0.05, 0.1) is 17.2 Å². The van der Waals surface area contributed by atoms with E-state index in [9.17, 15) is 8.42 Å².